The Morgan fingerprint density at radius 3 is 2.71 bits per heavy atom. The van der Waals surface area contributed by atoms with Crippen LogP contribution in [0.1, 0.15) is 32.8 Å². The minimum atomic E-state index is 0.200. The van der Waals surface area contributed by atoms with Crippen molar-refractivity contribution in [2.24, 2.45) is 5.73 Å². The Labute approximate surface area is 137 Å². The normalized spacial score (nSPS) is 20.3. The van der Waals surface area contributed by atoms with Crippen molar-refractivity contribution >= 4 is 21.6 Å². The third kappa shape index (κ3) is 4.21. The molecule has 21 heavy (non-hydrogen) atoms. The van der Waals surface area contributed by atoms with Gasteiger partial charge in [0.1, 0.15) is 0 Å². The summed E-state index contributed by atoms with van der Waals surface area (Å²) in [5, 5.41) is 0. The molecular formula is C17H28BrN3. The first-order valence-corrected chi connectivity index (χ1v) is 8.87. The maximum atomic E-state index is 6.01. The van der Waals surface area contributed by atoms with Crippen LogP contribution in [0.3, 0.4) is 0 Å². The predicted molar refractivity (Wildman–Crippen MR) is 95.0 cm³/mol. The Morgan fingerprint density at radius 1 is 1.38 bits per heavy atom. The average molecular weight is 354 g/mol. The van der Waals surface area contributed by atoms with E-state index in [1.807, 2.05) is 0 Å². The van der Waals surface area contributed by atoms with Gasteiger partial charge < -0.3 is 10.6 Å². The van der Waals surface area contributed by atoms with E-state index in [0.717, 1.165) is 37.1 Å². The molecule has 118 valence electrons. The third-order valence-corrected chi connectivity index (χ3v) is 4.92. The van der Waals surface area contributed by atoms with Crippen LogP contribution in [-0.4, -0.2) is 43.2 Å². The van der Waals surface area contributed by atoms with Crippen molar-refractivity contribution in [1.29, 1.82) is 0 Å². The Bertz CT molecular complexity index is 457. The SMILES string of the molecule is CCN(CC)C1CCN(c2cc(Br)ccc2CC(C)N)C1. The lowest BCUT2D eigenvalue weighted by Crippen LogP contribution is -2.37. The topological polar surface area (TPSA) is 32.5 Å². The van der Waals surface area contributed by atoms with Gasteiger partial charge in [0.2, 0.25) is 0 Å². The van der Waals surface area contributed by atoms with Gasteiger partial charge in [-0.2, -0.15) is 0 Å². The molecule has 0 radical (unpaired) electrons. The summed E-state index contributed by atoms with van der Waals surface area (Å²) in [6.45, 7) is 11.1. The number of benzene rings is 1. The van der Waals surface area contributed by atoms with Crippen LogP contribution < -0.4 is 10.6 Å². The molecule has 1 saturated heterocycles. The fraction of sp³-hybridized carbons (Fsp3) is 0.647. The quantitative estimate of drug-likeness (QED) is 0.851. The molecule has 2 rings (SSSR count). The van der Waals surface area contributed by atoms with Gasteiger partial charge in [-0.1, -0.05) is 35.8 Å². The van der Waals surface area contributed by atoms with Gasteiger partial charge in [-0.05, 0) is 50.6 Å². The number of halogens is 1. The van der Waals surface area contributed by atoms with Crippen molar-refractivity contribution < 1.29 is 0 Å². The number of rotatable bonds is 6. The maximum absolute atomic E-state index is 6.01. The second kappa shape index (κ2) is 7.61. The highest BCUT2D eigenvalue weighted by Crippen LogP contribution is 2.30. The lowest BCUT2D eigenvalue weighted by atomic mass is 10.0. The number of nitrogens with zero attached hydrogens (tertiary/aromatic N) is 2. The molecule has 1 aromatic carbocycles. The number of nitrogens with two attached hydrogens (primary N) is 1. The molecule has 0 bridgehead atoms. The summed E-state index contributed by atoms with van der Waals surface area (Å²) >= 11 is 3.61. The zero-order valence-corrected chi connectivity index (χ0v) is 15.1. The molecule has 1 aliphatic rings. The van der Waals surface area contributed by atoms with Crippen LogP contribution in [0.15, 0.2) is 22.7 Å². The number of anilines is 1. The molecule has 4 heteroatoms. The van der Waals surface area contributed by atoms with E-state index in [2.05, 4.69) is 64.7 Å². The van der Waals surface area contributed by atoms with Crippen molar-refractivity contribution in [3.63, 3.8) is 0 Å². The number of hydrogen-bond donors (Lipinski definition) is 1. The third-order valence-electron chi connectivity index (χ3n) is 4.42. The molecule has 1 heterocycles. The smallest absolute Gasteiger partial charge is 0.0411 e. The van der Waals surface area contributed by atoms with E-state index < -0.39 is 0 Å². The van der Waals surface area contributed by atoms with E-state index in [0.29, 0.717) is 6.04 Å². The molecular weight excluding hydrogens is 326 g/mol. The molecule has 0 amide bonds. The molecule has 0 aromatic heterocycles. The van der Waals surface area contributed by atoms with Crippen LogP contribution in [0.5, 0.6) is 0 Å². The van der Waals surface area contributed by atoms with Crippen LogP contribution in [-0.2, 0) is 6.42 Å². The zero-order valence-electron chi connectivity index (χ0n) is 13.5. The van der Waals surface area contributed by atoms with Crippen LogP contribution in [0.2, 0.25) is 0 Å². The summed E-state index contributed by atoms with van der Waals surface area (Å²) in [6, 6.07) is 7.47. The molecule has 2 unspecified atom stereocenters. The van der Waals surface area contributed by atoms with Crippen molar-refractivity contribution in [1.82, 2.24) is 4.90 Å². The summed E-state index contributed by atoms with van der Waals surface area (Å²) in [7, 11) is 0. The summed E-state index contributed by atoms with van der Waals surface area (Å²) in [5.74, 6) is 0. The zero-order chi connectivity index (χ0) is 15.4. The molecule has 1 fully saturated rings. The van der Waals surface area contributed by atoms with Crippen LogP contribution in [0.4, 0.5) is 5.69 Å². The van der Waals surface area contributed by atoms with Gasteiger partial charge in [0, 0.05) is 35.3 Å². The van der Waals surface area contributed by atoms with Gasteiger partial charge in [-0.25, -0.2) is 0 Å². The first-order chi connectivity index (χ1) is 10.0. The lowest BCUT2D eigenvalue weighted by Gasteiger charge is -2.28. The van der Waals surface area contributed by atoms with E-state index >= 15 is 0 Å². The molecule has 2 atom stereocenters. The Balaban J connectivity index is 2.16. The minimum absolute atomic E-state index is 0.200. The van der Waals surface area contributed by atoms with Crippen molar-refractivity contribution in [3.8, 4) is 0 Å². The summed E-state index contributed by atoms with van der Waals surface area (Å²) in [6.07, 6.45) is 2.20. The van der Waals surface area contributed by atoms with Gasteiger partial charge in [-0.3, -0.25) is 4.90 Å². The molecule has 1 aromatic rings. The van der Waals surface area contributed by atoms with Crippen molar-refractivity contribution in [3.05, 3.63) is 28.2 Å². The van der Waals surface area contributed by atoms with E-state index in [-0.39, 0.29) is 6.04 Å². The van der Waals surface area contributed by atoms with Crippen LogP contribution >= 0.6 is 15.9 Å². The molecule has 0 saturated carbocycles. The summed E-state index contributed by atoms with van der Waals surface area (Å²) in [4.78, 5) is 5.11. The summed E-state index contributed by atoms with van der Waals surface area (Å²) < 4.78 is 1.15. The lowest BCUT2D eigenvalue weighted by molar-refractivity contribution is 0.232. The Kier molecular flexibility index (Phi) is 6.08. The van der Waals surface area contributed by atoms with E-state index in [1.54, 1.807) is 0 Å². The minimum Gasteiger partial charge on any atom is -0.370 e. The van der Waals surface area contributed by atoms with E-state index in [4.69, 9.17) is 5.73 Å². The van der Waals surface area contributed by atoms with Crippen LogP contribution in [0.25, 0.3) is 0 Å². The Hall–Kier alpha value is -0.580. The number of hydrogen-bond acceptors (Lipinski definition) is 3. The molecule has 1 aliphatic heterocycles. The highest BCUT2D eigenvalue weighted by Gasteiger charge is 2.27. The standard InChI is InChI=1S/C17H28BrN3/c1-4-20(5-2)16-8-9-21(12-16)17-11-15(18)7-6-14(17)10-13(3)19/h6-7,11,13,16H,4-5,8-10,12,19H2,1-3H3. The predicted octanol–water partition coefficient (Wildman–Crippen LogP) is 3.26. The maximum Gasteiger partial charge on any atom is 0.0411 e. The highest BCUT2D eigenvalue weighted by molar-refractivity contribution is 9.10. The van der Waals surface area contributed by atoms with E-state index in [1.165, 1.54) is 17.7 Å². The molecule has 0 spiro atoms. The van der Waals surface area contributed by atoms with E-state index in [9.17, 15) is 0 Å². The molecule has 2 N–H and O–H groups in total. The largest absolute Gasteiger partial charge is 0.370 e. The monoisotopic (exact) mass is 353 g/mol. The van der Waals surface area contributed by atoms with Gasteiger partial charge in [0.25, 0.3) is 0 Å². The Morgan fingerprint density at radius 2 is 2.10 bits per heavy atom. The van der Waals surface area contributed by atoms with Crippen molar-refractivity contribution in [2.45, 2.75) is 45.7 Å². The number of likely N-dealkylation sites (N-methyl/N-ethyl adjacent to an activating group) is 1. The van der Waals surface area contributed by atoms with Crippen molar-refractivity contribution in [2.75, 3.05) is 31.1 Å². The second-order valence-electron chi connectivity index (χ2n) is 6.06. The second-order valence-corrected chi connectivity index (χ2v) is 6.98. The van der Waals surface area contributed by atoms with Crippen LogP contribution in [0, 0.1) is 0 Å². The van der Waals surface area contributed by atoms with Gasteiger partial charge in [0.15, 0.2) is 0 Å². The van der Waals surface area contributed by atoms with Gasteiger partial charge >= 0.3 is 0 Å². The summed E-state index contributed by atoms with van der Waals surface area (Å²) in [5.41, 5.74) is 8.74. The highest BCUT2D eigenvalue weighted by atomic mass is 79.9. The fourth-order valence-electron chi connectivity index (χ4n) is 3.35. The average Bonchev–Trinajstić information content (AvgIpc) is 2.91. The molecule has 3 nitrogen and oxygen atoms in total. The van der Waals surface area contributed by atoms with Gasteiger partial charge in [-0.15, -0.1) is 0 Å². The molecule has 0 aliphatic carbocycles. The van der Waals surface area contributed by atoms with Gasteiger partial charge in [0.05, 0.1) is 0 Å². The first kappa shape index (κ1) is 16.8. The first-order valence-electron chi connectivity index (χ1n) is 8.08. The fourth-order valence-corrected chi connectivity index (χ4v) is 3.70.